The van der Waals surface area contributed by atoms with Crippen LogP contribution in [0.2, 0.25) is 0 Å². The van der Waals surface area contributed by atoms with Crippen LogP contribution < -0.4 is 9.47 Å². The molecule has 0 saturated carbocycles. The Morgan fingerprint density at radius 3 is 1.25 bits per heavy atom. The molecular weight excluding hydrogens is 589 g/mol. The summed E-state index contributed by atoms with van der Waals surface area (Å²) in [5, 5.41) is 38.5. The van der Waals surface area contributed by atoms with Crippen LogP contribution in [-0.2, 0) is 9.59 Å². The third kappa shape index (κ3) is 7.09. The summed E-state index contributed by atoms with van der Waals surface area (Å²) in [6.45, 7) is 9.30. The molecule has 2 heterocycles. The molecule has 1 aromatic rings. The third-order valence-electron chi connectivity index (χ3n) is 6.55. The summed E-state index contributed by atoms with van der Waals surface area (Å²) >= 11 is 4.65. The maximum atomic E-state index is 11.8. The zero-order valence-corrected chi connectivity index (χ0v) is 26.1. The van der Waals surface area contributed by atoms with Crippen LogP contribution >= 0.6 is 47.0 Å². The maximum Gasteiger partial charge on any atom is 0.348 e. The lowest BCUT2D eigenvalue weighted by Crippen LogP contribution is -2.13. The molecule has 0 aromatic heterocycles. The van der Waals surface area contributed by atoms with Crippen molar-refractivity contribution in [2.75, 3.05) is 13.2 Å². The van der Waals surface area contributed by atoms with Crippen LogP contribution in [-0.4, -0.2) is 35.4 Å². The number of ether oxygens (including phenoxy) is 2. The van der Waals surface area contributed by atoms with E-state index in [0.29, 0.717) is 64.6 Å². The molecule has 40 heavy (non-hydrogen) atoms. The van der Waals surface area contributed by atoms with Gasteiger partial charge in [0.2, 0.25) is 0 Å². The Kier molecular flexibility index (Phi) is 12.1. The van der Waals surface area contributed by atoms with Crippen LogP contribution in [0.4, 0.5) is 0 Å². The van der Waals surface area contributed by atoms with Crippen LogP contribution in [0.25, 0.3) is 0 Å². The van der Waals surface area contributed by atoms with Gasteiger partial charge in [-0.1, -0.05) is 100 Å². The Balaban J connectivity index is 2.23. The minimum absolute atomic E-state index is 0.303. The van der Waals surface area contributed by atoms with Gasteiger partial charge in [0.25, 0.3) is 0 Å². The Morgan fingerprint density at radius 2 is 1.02 bits per heavy atom. The number of carbonyl (C=O) groups is 2. The van der Waals surface area contributed by atoms with E-state index in [1.54, 1.807) is 12.1 Å². The van der Waals surface area contributed by atoms with Gasteiger partial charge in [0.1, 0.15) is 23.6 Å². The van der Waals surface area contributed by atoms with E-state index < -0.39 is 11.9 Å². The standard InChI is InChI=1S/C28H32N2O6S4/c1-5-9-15(7-3)13-35-19-21-23(39-27(37-21)17(11-29)25(31)32)20(36-14-16(8-4)10-6-2)24-22(19)38-28(40-24)18(12-30)26(33)34/h15-16H,5-10,13-14H2,1-4H3,(H,31,32)(H,33,34). The fourth-order valence-electron chi connectivity index (χ4n) is 4.26. The van der Waals surface area contributed by atoms with Crippen molar-refractivity contribution >= 4 is 59.0 Å². The second kappa shape index (κ2) is 15.0. The van der Waals surface area contributed by atoms with Gasteiger partial charge in [-0.15, -0.1) is 0 Å². The predicted octanol–water partition coefficient (Wildman–Crippen LogP) is 8.13. The second-order valence-corrected chi connectivity index (χ2v) is 13.9. The molecule has 8 nitrogen and oxygen atoms in total. The van der Waals surface area contributed by atoms with Gasteiger partial charge in [-0.25, -0.2) is 9.59 Å². The topological polar surface area (TPSA) is 141 Å². The molecular formula is C28H32N2O6S4. The van der Waals surface area contributed by atoms with Gasteiger partial charge in [-0.05, 0) is 24.7 Å². The molecule has 2 aliphatic heterocycles. The zero-order valence-electron chi connectivity index (χ0n) is 22.9. The highest BCUT2D eigenvalue weighted by Crippen LogP contribution is 2.68. The van der Waals surface area contributed by atoms with Gasteiger partial charge in [0.15, 0.2) is 11.1 Å². The lowest BCUT2D eigenvalue weighted by molar-refractivity contribution is -0.133. The number of hydrogen-bond acceptors (Lipinski definition) is 10. The summed E-state index contributed by atoms with van der Waals surface area (Å²) in [5.74, 6) is -0.982. The number of hydrogen-bond donors (Lipinski definition) is 2. The molecule has 2 N–H and O–H groups in total. The quantitative estimate of drug-likeness (QED) is 0.153. The first-order chi connectivity index (χ1) is 19.2. The minimum Gasteiger partial charge on any atom is -0.491 e. The minimum atomic E-state index is -1.31. The Morgan fingerprint density at radius 1 is 0.700 bits per heavy atom. The van der Waals surface area contributed by atoms with Crippen molar-refractivity contribution in [3.8, 4) is 23.6 Å². The molecule has 2 atom stereocenters. The zero-order chi connectivity index (χ0) is 29.4. The molecule has 1 aromatic carbocycles. The number of carboxylic acids is 2. The second-order valence-electron chi connectivity index (χ2n) is 9.29. The normalized spacial score (nSPS) is 14.9. The highest BCUT2D eigenvalue weighted by molar-refractivity contribution is 8.26. The molecule has 0 amide bonds. The molecule has 12 heteroatoms. The van der Waals surface area contributed by atoms with Crippen molar-refractivity contribution in [2.24, 2.45) is 11.8 Å². The molecule has 0 bridgehead atoms. The number of benzene rings is 1. The van der Waals surface area contributed by atoms with Crippen LogP contribution in [0.1, 0.15) is 66.2 Å². The molecule has 0 radical (unpaired) electrons. The number of carboxylic acid groups (broad SMARTS) is 2. The van der Waals surface area contributed by atoms with Crippen molar-refractivity contribution in [1.29, 1.82) is 10.5 Å². The van der Waals surface area contributed by atoms with E-state index in [1.807, 2.05) is 0 Å². The molecule has 214 valence electrons. The summed E-state index contributed by atoms with van der Waals surface area (Å²) in [5.41, 5.74) is -0.701. The van der Waals surface area contributed by atoms with Crippen molar-refractivity contribution < 1.29 is 29.3 Å². The Labute approximate surface area is 251 Å². The fourth-order valence-corrected chi connectivity index (χ4v) is 9.66. The lowest BCUT2D eigenvalue weighted by Gasteiger charge is -2.22. The highest BCUT2D eigenvalue weighted by atomic mass is 32.2. The van der Waals surface area contributed by atoms with Crippen LogP contribution in [0.15, 0.2) is 39.2 Å². The fraction of sp³-hybridized carbons (Fsp3) is 0.500. The molecule has 0 spiro atoms. The largest absolute Gasteiger partial charge is 0.491 e. The first kappa shape index (κ1) is 32.1. The van der Waals surface area contributed by atoms with Crippen molar-refractivity contribution in [3.05, 3.63) is 19.6 Å². The van der Waals surface area contributed by atoms with Crippen LogP contribution in [0, 0.1) is 34.5 Å². The first-order valence-electron chi connectivity index (χ1n) is 13.2. The molecule has 2 aliphatic rings. The van der Waals surface area contributed by atoms with E-state index in [0.717, 1.165) is 85.6 Å². The van der Waals surface area contributed by atoms with Crippen molar-refractivity contribution in [3.63, 3.8) is 0 Å². The van der Waals surface area contributed by atoms with E-state index in [-0.39, 0.29) is 11.1 Å². The van der Waals surface area contributed by atoms with Gasteiger partial charge in [0, 0.05) is 0 Å². The van der Waals surface area contributed by atoms with E-state index in [1.165, 1.54) is 0 Å². The Bertz CT molecular complexity index is 1170. The van der Waals surface area contributed by atoms with E-state index >= 15 is 0 Å². The third-order valence-corrected chi connectivity index (χ3v) is 11.7. The van der Waals surface area contributed by atoms with Crippen molar-refractivity contribution in [2.45, 2.75) is 85.8 Å². The highest BCUT2D eigenvalue weighted by Gasteiger charge is 2.40. The van der Waals surface area contributed by atoms with Gasteiger partial charge in [-0.3, -0.25) is 0 Å². The number of rotatable bonds is 14. The molecule has 0 aliphatic carbocycles. The number of aliphatic carboxylic acids is 2. The van der Waals surface area contributed by atoms with Gasteiger partial charge < -0.3 is 19.7 Å². The van der Waals surface area contributed by atoms with Crippen LogP contribution in [0.5, 0.6) is 11.5 Å². The van der Waals surface area contributed by atoms with E-state index in [9.17, 15) is 30.3 Å². The molecule has 0 saturated heterocycles. The van der Waals surface area contributed by atoms with Gasteiger partial charge >= 0.3 is 11.9 Å². The summed E-state index contributed by atoms with van der Waals surface area (Å²) in [6.07, 6.45) is 5.81. The summed E-state index contributed by atoms with van der Waals surface area (Å²) in [6, 6.07) is 3.61. The number of nitriles is 2. The average molecular weight is 621 g/mol. The summed E-state index contributed by atoms with van der Waals surface area (Å²) < 4.78 is 13.6. The van der Waals surface area contributed by atoms with Crippen LogP contribution in [0.3, 0.4) is 0 Å². The van der Waals surface area contributed by atoms with Gasteiger partial charge in [-0.2, -0.15) is 10.5 Å². The number of nitrogens with zero attached hydrogens (tertiary/aromatic N) is 2. The summed E-state index contributed by atoms with van der Waals surface area (Å²) in [7, 11) is 0. The summed E-state index contributed by atoms with van der Waals surface area (Å²) in [4.78, 5) is 26.3. The predicted molar refractivity (Wildman–Crippen MR) is 159 cm³/mol. The average Bonchev–Trinajstić information content (AvgIpc) is 3.54. The molecule has 3 rings (SSSR count). The number of fused-ring (bicyclic) bond motifs is 2. The van der Waals surface area contributed by atoms with E-state index in [2.05, 4.69) is 27.7 Å². The van der Waals surface area contributed by atoms with Gasteiger partial charge in [0.05, 0.1) is 41.3 Å². The molecule has 0 fully saturated rings. The maximum absolute atomic E-state index is 11.8. The lowest BCUT2D eigenvalue weighted by atomic mass is 10.0. The SMILES string of the molecule is CCCC(CC)COc1c2c(c(OCC(CC)CCC)c3c1SC(=C(C#N)C(=O)O)S3)SC(=C(C#N)C(=O)O)S2. The monoisotopic (exact) mass is 620 g/mol. The Hall–Kier alpha value is -2.38. The first-order valence-corrected chi connectivity index (χ1v) is 16.5. The smallest absolute Gasteiger partial charge is 0.348 e. The van der Waals surface area contributed by atoms with E-state index in [4.69, 9.17) is 9.47 Å². The molecule has 2 unspecified atom stereocenters. The van der Waals surface area contributed by atoms with Crippen molar-refractivity contribution in [1.82, 2.24) is 0 Å². The number of thioether (sulfide) groups is 4.